The van der Waals surface area contributed by atoms with E-state index in [1.54, 1.807) is 55.6 Å². The van der Waals surface area contributed by atoms with E-state index in [9.17, 15) is 24.5 Å². The Morgan fingerprint density at radius 2 is 1.64 bits per heavy atom. The highest BCUT2D eigenvalue weighted by Crippen LogP contribution is 2.38. The molecule has 0 spiro atoms. The summed E-state index contributed by atoms with van der Waals surface area (Å²) in [6, 6.07) is 21.8. The van der Waals surface area contributed by atoms with Gasteiger partial charge in [-0.1, -0.05) is 27.5 Å². The number of carbonyl (C=O) groups is 3. The van der Waals surface area contributed by atoms with Gasteiger partial charge in [-0.05, 0) is 72.8 Å². The number of esters is 1. The molecule has 2 amide bonds. The zero-order chi connectivity index (χ0) is 32.1. The van der Waals surface area contributed by atoms with Crippen LogP contribution in [-0.4, -0.2) is 36.0 Å². The topological polar surface area (TPSA) is 149 Å². The van der Waals surface area contributed by atoms with Crippen LogP contribution in [0.1, 0.15) is 36.0 Å². The van der Waals surface area contributed by atoms with Gasteiger partial charge in [-0.2, -0.15) is 5.10 Å². The summed E-state index contributed by atoms with van der Waals surface area (Å²) < 4.78 is 11.8. The SMILES string of the molecule is COc1ccc(C(=O)Nc2ccc(C(=O)N/N=C\c3cc(Br)ccc3OC(=O)c3sc4cc([N+](=O)[O-])ccc4c3Cl)cc2)cc1. The first kappa shape index (κ1) is 31.3. The van der Waals surface area contributed by atoms with Crippen LogP contribution in [0.4, 0.5) is 11.4 Å². The van der Waals surface area contributed by atoms with Gasteiger partial charge in [-0.15, -0.1) is 11.3 Å². The van der Waals surface area contributed by atoms with E-state index in [-0.39, 0.29) is 32.8 Å². The van der Waals surface area contributed by atoms with Crippen LogP contribution in [-0.2, 0) is 0 Å². The van der Waals surface area contributed by atoms with Crippen molar-refractivity contribution < 1.29 is 28.8 Å². The van der Waals surface area contributed by atoms with Crippen LogP contribution in [0.2, 0.25) is 5.02 Å². The molecule has 5 rings (SSSR count). The average Bonchev–Trinajstić information content (AvgIpc) is 3.38. The van der Waals surface area contributed by atoms with E-state index >= 15 is 0 Å². The van der Waals surface area contributed by atoms with E-state index in [0.29, 0.717) is 37.1 Å². The number of hydrogen-bond donors (Lipinski definition) is 2. The Labute approximate surface area is 272 Å². The van der Waals surface area contributed by atoms with E-state index in [1.165, 1.54) is 42.6 Å². The van der Waals surface area contributed by atoms with Gasteiger partial charge in [0.2, 0.25) is 0 Å². The number of halogens is 2. The molecule has 45 heavy (non-hydrogen) atoms. The van der Waals surface area contributed by atoms with Crippen LogP contribution in [0.15, 0.2) is 94.5 Å². The predicted molar refractivity (Wildman–Crippen MR) is 175 cm³/mol. The highest BCUT2D eigenvalue weighted by Gasteiger charge is 2.22. The van der Waals surface area contributed by atoms with Gasteiger partial charge in [0.25, 0.3) is 17.5 Å². The Kier molecular flexibility index (Phi) is 9.52. The van der Waals surface area contributed by atoms with Crippen molar-refractivity contribution in [3.05, 3.63) is 126 Å². The molecule has 0 saturated carbocycles. The number of fused-ring (bicyclic) bond motifs is 1. The minimum absolute atomic E-state index is 0.0786. The van der Waals surface area contributed by atoms with Crippen molar-refractivity contribution in [3.63, 3.8) is 0 Å². The van der Waals surface area contributed by atoms with Crippen LogP contribution < -0.4 is 20.2 Å². The fourth-order valence-corrected chi connectivity index (χ4v) is 5.83. The average molecular weight is 708 g/mol. The number of amides is 2. The summed E-state index contributed by atoms with van der Waals surface area (Å²) in [7, 11) is 1.54. The van der Waals surface area contributed by atoms with Crippen molar-refractivity contribution in [2.45, 2.75) is 0 Å². The highest BCUT2D eigenvalue weighted by molar-refractivity contribution is 9.10. The number of nitro benzene ring substituents is 1. The number of rotatable bonds is 9. The molecular formula is C31H20BrClN4O7S. The Bertz CT molecular complexity index is 1980. The summed E-state index contributed by atoms with van der Waals surface area (Å²) in [5, 5.41) is 18.5. The van der Waals surface area contributed by atoms with Gasteiger partial charge in [-0.3, -0.25) is 19.7 Å². The molecule has 14 heteroatoms. The number of hydrogen-bond acceptors (Lipinski definition) is 9. The molecule has 0 aliphatic rings. The Morgan fingerprint density at radius 1 is 0.956 bits per heavy atom. The van der Waals surface area contributed by atoms with Crippen molar-refractivity contribution in [1.29, 1.82) is 0 Å². The van der Waals surface area contributed by atoms with Gasteiger partial charge in [0.1, 0.15) is 16.4 Å². The first-order valence-corrected chi connectivity index (χ1v) is 14.9. The summed E-state index contributed by atoms with van der Waals surface area (Å²) >= 11 is 10.7. The van der Waals surface area contributed by atoms with Crippen molar-refractivity contribution in [1.82, 2.24) is 5.43 Å². The molecule has 0 aliphatic heterocycles. The molecule has 1 aromatic heterocycles. The van der Waals surface area contributed by atoms with E-state index in [4.69, 9.17) is 21.1 Å². The van der Waals surface area contributed by atoms with Gasteiger partial charge < -0.3 is 14.8 Å². The van der Waals surface area contributed by atoms with E-state index in [1.807, 2.05) is 0 Å². The third kappa shape index (κ3) is 7.34. The molecule has 0 aliphatic carbocycles. The molecule has 0 unspecified atom stereocenters. The van der Waals surface area contributed by atoms with E-state index < -0.39 is 16.8 Å². The lowest BCUT2D eigenvalue weighted by atomic mass is 10.1. The number of methoxy groups -OCH3 is 1. The Hall–Kier alpha value is -5.11. The quantitative estimate of drug-likeness (QED) is 0.0531. The molecule has 11 nitrogen and oxygen atoms in total. The second-order valence-corrected chi connectivity index (χ2v) is 11.6. The standard InChI is InChI=1S/C31H20BrClN4O7S/c1-43-23-10-4-17(5-11-23)29(38)35-21-7-2-18(3-8-21)30(39)36-34-16-19-14-20(32)6-13-25(19)44-31(40)28-27(33)24-12-9-22(37(41)42)15-26(24)45-28/h2-16H,1H3,(H,35,38)(H,36,39)/b34-16-. The number of carbonyl (C=O) groups excluding carboxylic acids is 3. The molecule has 0 saturated heterocycles. The van der Waals surface area contributed by atoms with Gasteiger partial charge in [0.15, 0.2) is 0 Å². The zero-order valence-electron chi connectivity index (χ0n) is 23.1. The monoisotopic (exact) mass is 706 g/mol. The van der Waals surface area contributed by atoms with E-state index in [0.717, 1.165) is 11.3 Å². The number of thiophene rings is 1. The maximum absolute atomic E-state index is 13.0. The number of ether oxygens (including phenoxy) is 2. The van der Waals surface area contributed by atoms with Gasteiger partial charge in [0.05, 0.1) is 23.3 Å². The molecule has 1 heterocycles. The van der Waals surface area contributed by atoms with Crippen molar-refractivity contribution in [2.24, 2.45) is 5.10 Å². The van der Waals surface area contributed by atoms with Crippen LogP contribution >= 0.6 is 38.9 Å². The largest absolute Gasteiger partial charge is 0.497 e. The van der Waals surface area contributed by atoms with E-state index in [2.05, 4.69) is 31.8 Å². The molecule has 5 aromatic rings. The van der Waals surface area contributed by atoms with Gasteiger partial charge >= 0.3 is 5.97 Å². The van der Waals surface area contributed by atoms with Crippen LogP contribution in [0.5, 0.6) is 11.5 Å². The summed E-state index contributed by atoms with van der Waals surface area (Å²) in [4.78, 5) is 48.9. The van der Waals surface area contributed by atoms with Crippen molar-refractivity contribution >= 4 is 84.3 Å². The van der Waals surface area contributed by atoms with Crippen molar-refractivity contribution in [3.8, 4) is 11.5 Å². The summed E-state index contributed by atoms with van der Waals surface area (Å²) in [5.41, 5.74) is 3.89. The van der Waals surface area contributed by atoms with Gasteiger partial charge in [0, 0.05) is 49.1 Å². The molecular weight excluding hydrogens is 688 g/mol. The third-order valence-electron chi connectivity index (χ3n) is 6.31. The number of hydrazone groups is 1. The zero-order valence-corrected chi connectivity index (χ0v) is 26.2. The fraction of sp³-hybridized carbons (Fsp3) is 0.0323. The van der Waals surface area contributed by atoms with Crippen LogP contribution in [0.25, 0.3) is 10.1 Å². The Morgan fingerprint density at radius 3 is 2.33 bits per heavy atom. The number of anilines is 1. The predicted octanol–water partition coefficient (Wildman–Crippen LogP) is 7.47. The molecule has 2 N–H and O–H groups in total. The Balaban J connectivity index is 1.24. The minimum Gasteiger partial charge on any atom is -0.497 e. The first-order chi connectivity index (χ1) is 21.6. The highest BCUT2D eigenvalue weighted by atomic mass is 79.9. The maximum Gasteiger partial charge on any atom is 0.355 e. The third-order valence-corrected chi connectivity index (χ3v) is 8.44. The molecule has 0 bridgehead atoms. The normalized spacial score (nSPS) is 10.9. The first-order valence-electron chi connectivity index (χ1n) is 12.9. The molecule has 0 atom stereocenters. The van der Waals surface area contributed by atoms with Gasteiger partial charge in [-0.25, -0.2) is 10.2 Å². The summed E-state index contributed by atoms with van der Waals surface area (Å²) in [6.07, 6.45) is 1.31. The maximum atomic E-state index is 13.0. The van der Waals surface area contributed by atoms with Crippen LogP contribution in [0, 0.1) is 10.1 Å². The molecule has 226 valence electrons. The second kappa shape index (κ2) is 13.7. The number of nitro groups is 1. The minimum atomic E-state index is -0.760. The summed E-state index contributed by atoms with van der Waals surface area (Å²) in [6.45, 7) is 0. The molecule has 0 fully saturated rings. The molecule has 0 radical (unpaired) electrons. The van der Waals surface area contributed by atoms with Crippen molar-refractivity contribution in [2.75, 3.05) is 12.4 Å². The number of nitrogens with one attached hydrogen (secondary N) is 2. The number of nitrogens with zero attached hydrogens (tertiary/aromatic N) is 2. The fourth-order valence-electron chi connectivity index (χ4n) is 4.03. The van der Waals surface area contributed by atoms with Crippen LogP contribution in [0.3, 0.4) is 0 Å². The lowest BCUT2D eigenvalue weighted by molar-refractivity contribution is -0.384. The lowest BCUT2D eigenvalue weighted by Crippen LogP contribution is -2.18. The summed E-state index contributed by atoms with van der Waals surface area (Å²) in [5.74, 6) is -0.820. The lowest BCUT2D eigenvalue weighted by Gasteiger charge is -2.08. The molecule has 4 aromatic carbocycles. The number of non-ortho nitro benzene ring substituents is 1. The smallest absolute Gasteiger partial charge is 0.355 e. The number of benzene rings is 4. The second-order valence-electron chi connectivity index (χ2n) is 9.21.